The fourth-order valence-electron chi connectivity index (χ4n) is 3.97. The molecule has 5 nitrogen and oxygen atoms in total. The number of methoxy groups -OCH3 is 1. The molecule has 3 fully saturated rings. The minimum atomic E-state index is 0.182. The number of rotatable bonds is 5. The zero-order valence-corrected chi connectivity index (χ0v) is 13.1. The first-order valence-electron chi connectivity index (χ1n) is 8.39. The van der Waals surface area contributed by atoms with Gasteiger partial charge < -0.3 is 14.4 Å². The summed E-state index contributed by atoms with van der Waals surface area (Å²) in [6, 6.07) is 0. The summed E-state index contributed by atoms with van der Waals surface area (Å²) < 4.78 is 11.2. The van der Waals surface area contributed by atoms with E-state index in [2.05, 4.69) is 9.80 Å². The summed E-state index contributed by atoms with van der Waals surface area (Å²) in [4.78, 5) is 16.9. The minimum absolute atomic E-state index is 0.182. The minimum Gasteiger partial charge on any atom is -0.383 e. The van der Waals surface area contributed by atoms with Crippen LogP contribution in [0.1, 0.15) is 32.1 Å². The highest BCUT2D eigenvalue weighted by atomic mass is 16.5. The van der Waals surface area contributed by atoms with Crippen molar-refractivity contribution in [2.75, 3.05) is 46.4 Å². The molecule has 3 rings (SSSR count). The van der Waals surface area contributed by atoms with E-state index in [-0.39, 0.29) is 12.2 Å². The summed E-state index contributed by atoms with van der Waals surface area (Å²) in [5, 5.41) is 0. The molecule has 2 atom stereocenters. The van der Waals surface area contributed by atoms with Crippen LogP contribution in [0.15, 0.2) is 0 Å². The third-order valence-corrected chi connectivity index (χ3v) is 5.06. The second kappa shape index (κ2) is 7.07. The Hall–Kier alpha value is -0.650. The van der Waals surface area contributed by atoms with Gasteiger partial charge in [0.2, 0.25) is 5.91 Å². The number of hydrogen-bond donors (Lipinski definition) is 0. The SMILES string of the molecule is COCCN1CC2CN(C(=O)CC3CCCC3)CC(C1)O2. The third-order valence-electron chi connectivity index (χ3n) is 5.06. The Labute approximate surface area is 127 Å². The molecule has 0 N–H and O–H groups in total. The highest BCUT2D eigenvalue weighted by molar-refractivity contribution is 5.76. The van der Waals surface area contributed by atoms with Gasteiger partial charge in [-0.1, -0.05) is 12.8 Å². The summed E-state index contributed by atoms with van der Waals surface area (Å²) >= 11 is 0. The van der Waals surface area contributed by atoms with Crippen LogP contribution in [-0.2, 0) is 14.3 Å². The summed E-state index contributed by atoms with van der Waals surface area (Å²) in [5.41, 5.74) is 0. The van der Waals surface area contributed by atoms with Crippen molar-refractivity contribution in [1.29, 1.82) is 0 Å². The van der Waals surface area contributed by atoms with Crippen molar-refractivity contribution >= 4 is 5.91 Å². The Kier molecular flexibility index (Phi) is 5.14. The first-order valence-corrected chi connectivity index (χ1v) is 8.39. The van der Waals surface area contributed by atoms with Crippen molar-refractivity contribution in [3.63, 3.8) is 0 Å². The molecule has 0 aromatic rings. The monoisotopic (exact) mass is 296 g/mol. The average Bonchev–Trinajstić information content (AvgIpc) is 2.97. The number of carbonyl (C=O) groups excluding carboxylic acids is 1. The largest absolute Gasteiger partial charge is 0.383 e. The molecule has 2 bridgehead atoms. The number of carbonyl (C=O) groups is 1. The van der Waals surface area contributed by atoms with Crippen molar-refractivity contribution in [3.05, 3.63) is 0 Å². The van der Waals surface area contributed by atoms with Gasteiger partial charge in [-0.05, 0) is 18.8 Å². The number of hydrogen-bond acceptors (Lipinski definition) is 4. The van der Waals surface area contributed by atoms with Gasteiger partial charge in [0.05, 0.1) is 18.8 Å². The fraction of sp³-hybridized carbons (Fsp3) is 0.938. The molecule has 2 unspecified atom stereocenters. The van der Waals surface area contributed by atoms with Gasteiger partial charge in [0.15, 0.2) is 0 Å². The molecule has 3 aliphatic rings. The third kappa shape index (κ3) is 3.96. The molecule has 1 saturated carbocycles. The summed E-state index contributed by atoms with van der Waals surface area (Å²) in [6.07, 6.45) is 6.22. The van der Waals surface area contributed by atoms with Crippen LogP contribution in [-0.4, -0.2) is 74.4 Å². The molecular weight excluding hydrogens is 268 g/mol. The maximum atomic E-state index is 12.5. The zero-order chi connectivity index (χ0) is 14.7. The van der Waals surface area contributed by atoms with Crippen LogP contribution < -0.4 is 0 Å². The Morgan fingerprint density at radius 1 is 1.14 bits per heavy atom. The second-order valence-corrected chi connectivity index (χ2v) is 6.79. The van der Waals surface area contributed by atoms with E-state index in [0.717, 1.165) is 45.8 Å². The molecule has 21 heavy (non-hydrogen) atoms. The maximum Gasteiger partial charge on any atom is 0.223 e. The lowest BCUT2D eigenvalue weighted by molar-refractivity contribution is -0.162. The van der Waals surface area contributed by atoms with E-state index >= 15 is 0 Å². The number of amides is 1. The first-order chi connectivity index (χ1) is 10.2. The molecular formula is C16H28N2O3. The quantitative estimate of drug-likeness (QED) is 0.762. The molecule has 120 valence electrons. The van der Waals surface area contributed by atoms with E-state index in [9.17, 15) is 4.79 Å². The fourth-order valence-corrected chi connectivity index (χ4v) is 3.97. The molecule has 0 aromatic heterocycles. The first kappa shape index (κ1) is 15.3. The van der Waals surface area contributed by atoms with Crippen LogP contribution in [0.5, 0.6) is 0 Å². The molecule has 0 radical (unpaired) electrons. The van der Waals surface area contributed by atoms with Crippen LogP contribution in [0.25, 0.3) is 0 Å². The number of nitrogens with zero attached hydrogens (tertiary/aromatic N) is 2. The van der Waals surface area contributed by atoms with Gasteiger partial charge in [-0.2, -0.15) is 0 Å². The molecule has 0 aromatic carbocycles. The van der Waals surface area contributed by atoms with Crippen LogP contribution in [0.4, 0.5) is 0 Å². The summed E-state index contributed by atoms with van der Waals surface area (Å²) in [6.45, 7) is 5.11. The lowest BCUT2D eigenvalue weighted by atomic mass is 10.0. The molecule has 5 heteroatoms. The van der Waals surface area contributed by atoms with Gasteiger partial charge in [0, 0.05) is 46.3 Å². The van der Waals surface area contributed by atoms with Gasteiger partial charge in [0.25, 0.3) is 0 Å². The summed E-state index contributed by atoms with van der Waals surface area (Å²) in [5.74, 6) is 0.990. The van der Waals surface area contributed by atoms with Crippen molar-refractivity contribution in [2.45, 2.75) is 44.3 Å². The van der Waals surface area contributed by atoms with Crippen LogP contribution in [0.3, 0.4) is 0 Å². The zero-order valence-electron chi connectivity index (χ0n) is 13.1. The molecule has 1 amide bonds. The van der Waals surface area contributed by atoms with Gasteiger partial charge in [-0.3, -0.25) is 9.69 Å². The van der Waals surface area contributed by atoms with Crippen molar-refractivity contribution in [2.24, 2.45) is 5.92 Å². The van der Waals surface area contributed by atoms with Gasteiger partial charge in [-0.15, -0.1) is 0 Å². The highest BCUT2D eigenvalue weighted by Crippen LogP contribution is 2.29. The van der Waals surface area contributed by atoms with Crippen LogP contribution in [0, 0.1) is 5.92 Å². The Morgan fingerprint density at radius 2 is 1.81 bits per heavy atom. The van der Waals surface area contributed by atoms with Crippen molar-refractivity contribution in [3.8, 4) is 0 Å². The number of morpholine rings is 2. The highest BCUT2D eigenvalue weighted by Gasteiger charge is 2.36. The van der Waals surface area contributed by atoms with E-state index < -0.39 is 0 Å². The molecule has 1 aliphatic carbocycles. The maximum absolute atomic E-state index is 12.5. The Bertz CT molecular complexity index is 343. The molecule has 2 heterocycles. The van der Waals surface area contributed by atoms with E-state index in [1.807, 2.05) is 0 Å². The summed E-state index contributed by atoms with van der Waals surface area (Å²) in [7, 11) is 1.74. The predicted molar refractivity (Wildman–Crippen MR) is 80.1 cm³/mol. The van der Waals surface area contributed by atoms with E-state index in [1.165, 1.54) is 25.7 Å². The van der Waals surface area contributed by atoms with Crippen molar-refractivity contribution in [1.82, 2.24) is 9.80 Å². The lowest BCUT2D eigenvalue weighted by Crippen LogP contribution is -2.60. The Balaban J connectivity index is 1.49. The van der Waals surface area contributed by atoms with Gasteiger partial charge in [0.1, 0.15) is 0 Å². The van der Waals surface area contributed by atoms with E-state index in [4.69, 9.17) is 9.47 Å². The van der Waals surface area contributed by atoms with Gasteiger partial charge >= 0.3 is 0 Å². The number of ether oxygens (including phenoxy) is 2. The Morgan fingerprint density at radius 3 is 2.43 bits per heavy atom. The van der Waals surface area contributed by atoms with E-state index in [1.54, 1.807) is 7.11 Å². The smallest absolute Gasteiger partial charge is 0.223 e. The van der Waals surface area contributed by atoms with Crippen LogP contribution >= 0.6 is 0 Å². The van der Waals surface area contributed by atoms with Crippen molar-refractivity contribution < 1.29 is 14.3 Å². The average molecular weight is 296 g/mol. The van der Waals surface area contributed by atoms with Gasteiger partial charge in [-0.25, -0.2) is 0 Å². The lowest BCUT2D eigenvalue weighted by Gasteiger charge is -2.46. The standard InChI is InChI=1S/C16H28N2O3/c1-20-7-6-17-9-14-11-18(12-15(10-17)21-14)16(19)8-13-4-2-3-5-13/h13-15H,2-12H2,1H3. The second-order valence-electron chi connectivity index (χ2n) is 6.79. The molecule has 2 saturated heterocycles. The molecule has 0 spiro atoms. The van der Waals surface area contributed by atoms with E-state index in [0.29, 0.717) is 11.8 Å². The topological polar surface area (TPSA) is 42.0 Å². The number of fused-ring (bicyclic) bond motifs is 2. The van der Waals surface area contributed by atoms with Crippen LogP contribution in [0.2, 0.25) is 0 Å². The normalized spacial score (nSPS) is 30.8. The predicted octanol–water partition coefficient (Wildman–Crippen LogP) is 1.12. The molecule has 2 aliphatic heterocycles.